The summed E-state index contributed by atoms with van der Waals surface area (Å²) in [6.45, 7) is 0.728. The van der Waals surface area contributed by atoms with Crippen molar-refractivity contribution in [1.82, 2.24) is 0 Å². The van der Waals surface area contributed by atoms with Crippen LogP contribution in [0.5, 0.6) is 0 Å². The van der Waals surface area contributed by atoms with Crippen molar-refractivity contribution in [3.8, 4) is 0 Å². The van der Waals surface area contributed by atoms with Crippen LogP contribution in [0.2, 0.25) is 0 Å². The number of ether oxygens (including phenoxy) is 1. The molecule has 1 fully saturated rings. The van der Waals surface area contributed by atoms with Crippen molar-refractivity contribution in [2.75, 3.05) is 0 Å². The molecule has 0 N–H and O–H groups in total. The Labute approximate surface area is 113 Å². The van der Waals surface area contributed by atoms with E-state index in [1.165, 1.54) is 24.8 Å². The van der Waals surface area contributed by atoms with Crippen LogP contribution in [0.25, 0.3) is 0 Å². The lowest BCUT2D eigenvalue weighted by Gasteiger charge is -2.15. The van der Waals surface area contributed by atoms with Gasteiger partial charge >= 0.3 is 0 Å². The third-order valence-corrected chi connectivity index (χ3v) is 4.98. The lowest BCUT2D eigenvalue weighted by atomic mass is 10.2. The first kappa shape index (κ1) is 11.9. The molecule has 3 heteroatoms. The van der Waals surface area contributed by atoms with E-state index in [2.05, 4.69) is 56.7 Å². The molecule has 0 bridgehead atoms. The van der Waals surface area contributed by atoms with Crippen LogP contribution in [0.4, 0.5) is 0 Å². The average Bonchev–Trinajstić information content (AvgIpc) is 2.63. The van der Waals surface area contributed by atoms with Crippen molar-refractivity contribution in [2.45, 2.75) is 35.9 Å². The van der Waals surface area contributed by atoms with Crippen LogP contribution in [-0.2, 0) is 11.3 Å². The monoisotopic (exact) mass is 380 g/mol. The molecular weight excluding hydrogens is 367 g/mol. The standard InChI is InChI=1S/C12H14BrIO/c13-10-5-2-1-4-9(10)8-15-12-7-3-6-11(12)14/h1-2,4-5,11-12H,3,6-8H2. The molecule has 2 atom stereocenters. The Morgan fingerprint density at radius 3 is 2.80 bits per heavy atom. The topological polar surface area (TPSA) is 9.23 Å². The summed E-state index contributed by atoms with van der Waals surface area (Å²) in [6, 6.07) is 8.26. The van der Waals surface area contributed by atoms with E-state index in [9.17, 15) is 0 Å². The van der Waals surface area contributed by atoms with Gasteiger partial charge in [0.2, 0.25) is 0 Å². The number of hydrogen-bond acceptors (Lipinski definition) is 1. The maximum absolute atomic E-state index is 5.94. The normalized spacial score (nSPS) is 25.7. The summed E-state index contributed by atoms with van der Waals surface area (Å²) in [7, 11) is 0. The molecule has 0 aliphatic heterocycles. The smallest absolute Gasteiger partial charge is 0.0732 e. The minimum atomic E-state index is 0.456. The van der Waals surface area contributed by atoms with Crippen molar-refractivity contribution >= 4 is 38.5 Å². The largest absolute Gasteiger partial charge is 0.372 e. The molecule has 0 radical (unpaired) electrons. The zero-order valence-corrected chi connectivity index (χ0v) is 12.2. The van der Waals surface area contributed by atoms with Gasteiger partial charge in [0.15, 0.2) is 0 Å². The van der Waals surface area contributed by atoms with Crippen molar-refractivity contribution in [3.63, 3.8) is 0 Å². The fraction of sp³-hybridized carbons (Fsp3) is 0.500. The minimum Gasteiger partial charge on any atom is -0.372 e. The highest BCUT2D eigenvalue weighted by Gasteiger charge is 2.25. The van der Waals surface area contributed by atoms with Gasteiger partial charge in [-0.15, -0.1) is 0 Å². The van der Waals surface area contributed by atoms with Crippen molar-refractivity contribution in [1.29, 1.82) is 0 Å². The highest BCUT2D eigenvalue weighted by Crippen LogP contribution is 2.29. The molecule has 1 aromatic carbocycles. The van der Waals surface area contributed by atoms with E-state index in [1.54, 1.807) is 0 Å². The molecule has 0 amide bonds. The molecule has 82 valence electrons. The van der Waals surface area contributed by atoms with Gasteiger partial charge in [0.25, 0.3) is 0 Å². The second kappa shape index (κ2) is 5.64. The Hall–Kier alpha value is 0.390. The third-order valence-electron chi connectivity index (χ3n) is 2.78. The highest BCUT2D eigenvalue weighted by atomic mass is 127. The van der Waals surface area contributed by atoms with Gasteiger partial charge in [0.05, 0.1) is 12.7 Å². The Balaban J connectivity index is 1.90. The first-order valence-electron chi connectivity index (χ1n) is 5.26. The average molecular weight is 381 g/mol. The molecule has 2 rings (SSSR count). The second-order valence-electron chi connectivity index (χ2n) is 3.89. The van der Waals surface area contributed by atoms with Gasteiger partial charge < -0.3 is 4.74 Å². The first-order chi connectivity index (χ1) is 7.27. The quantitative estimate of drug-likeness (QED) is 0.560. The van der Waals surface area contributed by atoms with Gasteiger partial charge in [-0.3, -0.25) is 0 Å². The van der Waals surface area contributed by atoms with Gasteiger partial charge in [-0.1, -0.05) is 56.7 Å². The van der Waals surface area contributed by atoms with Crippen LogP contribution in [0.3, 0.4) is 0 Å². The van der Waals surface area contributed by atoms with Crippen LogP contribution < -0.4 is 0 Å². The predicted molar refractivity (Wildman–Crippen MR) is 74.4 cm³/mol. The Morgan fingerprint density at radius 1 is 1.33 bits per heavy atom. The molecule has 0 aromatic heterocycles. The molecule has 1 aliphatic rings. The Bertz CT molecular complexity index is 329. The summed E-state index contributed by atoms with van der Waals surface area (Å²) in [5.41, 5.74) is 1.24. The molecule has 0 heterocycles. The zero-order chi connectivity index (χ0) is 10.7. The number of alkyl halides is 1. The minimum absolute atomic E-state index is 0.456. The second-order valence-corrected chi connectivity index (χ2v) is 6.34. The summed E-state index contributed by atoms with van der Waals surface area (Å²) in [4.78, 5) is 0. The molecule has 1 nitrogen and oxygen atoms in total. The van der Waals surface area contributed by atoms with E-state index < -0.39 is 0 Å². The summed E-state index contributed by atoms with van der Waals surface area (Å²) in [5.74, 6) is 0. The van der Waals surface area contributed by atoms with Crippen molar-refractivity contribution < 1.29 is 4.74 Å². The molecule has 1 aromatic rings. The van der Waals surface area contributed by atoms with Gasteiger partial charge in [-0.2, -0.15) is 0 Å². The number of hydrogen-bond donors (Lipinski definition) is 0. The Kier molecular flexibility index (Phi) is 4.46. The van der Waals surface area contributed by atoms with E-state index in [4.69, 9.17) is 4.74 Å². The van der Waals surface area contributed by atoms with Crippen LogP contribution in [0.15, 0.2) is 28.7 Å². The molecule has 1 aliphatic carbocycles. The Morgan fingerprint density at radius 2 is 2.13 bits per heavy atom. The molecular formula is C12H14BrIO. The molecule has 0 saturated heterocycles. The fourth-order valence-corrected chi connectivity index (χ4v) is 3.29. The molecule has 1 saturated carbocycles. The van der Waals surface area contributed by atoms with Crippen molar-refractivity contribution in [2.24, 2.45) is 0 Å². The third kappa shape index (κ3) is 3.17. The lowest BCUT2D eigenvalue weighted by Crippen LogP contribution is -2.17. The zero-order valence-electron chi connectivity index (χ0n) is 8.46. The summed E-state index contributed by atoms with van der Waals surface area (Å²) < 4.78 is 7.79. The molecule has 2 unspecified atom stereocenters. The predicted octanol–water partition coefficient (Wildman–Crippen LogP) is 4.32. The van der Waals surface area contributed by atoms with Gasteiger partial charge in [0.1, 0.15) is 0 Å². The molecule has 0 spiro atoms. The van der Waals surface area contributed by atoms with E-state index in [1.807, 2.05) is 6.07 Å². The summed E-state index contributed by atoms with van der Waals surface area (Å²) in [6.07, 6.45) is 4.30. The summed E-state index contributed by atoms with van der Waals surface area (Å²) >= 11 is 6.05. The first-order valence-corrected chi connectivity index (χ1v) is 7.30. The number of halogens is 2. The van der Waals surface area contributed by atoms with E-state index in [-0.39, 0.29) is 0 Å². The lowest BCUT2D eigenvalue weighted by molar-refractivity contribution is 0.0511. The van der Waals surface area contributed by atoms with Crippen LogP contribution in [0, 0.1) is 0 Å². The summed E-state index contributed by atoms with van der Waals surface area (Å²) in [5, 5.41) is 0. The SMILES string of the molecule is Brc1ccccc1COC1CCCC1I. The molecule has 15 heavy (non-hydrogen) atoms. The highest BCUT2D eigenvalue weighted by molar-refractivity contribution is 14.1. The van der Waals surface area contributed by atoms with E-state index in [0.29, 0.717) is 10.0 Å². The fourth-order valence-electron chi connectivity index (χ4n) is 1.88. The maximum atomic E-state index is 5.94. The maximum Gasteiger partial charge on any atom is 0.0732 e. The number of rotatable bonds is 3. The van der Waals surface area contributed by atoms with Gasteiger partial charge in [-0.25, -0.2) is 0 Å². The van der Waals surface area contributed by atoms with E-state index in [0.717, 1.165) is 11.1 Å². The van der Waals surface area contributed by atoms with E-state index >= 15 is 0 Å². The van der Waals surface area contributed by atoms with Crippen LogP contribution in [0.1, 0.15) is 24.8 Å². The van der Waals surface area contributed by atoms with Gasteiger partial charge in [0, 0.05) is 8.40 Å². The van der Waals surface area contributed by atoms with Crippen LogP contribution >= 0.6 is 38.5 Å². The number of benzene rings is 1. The van der Waals surface area contributed by atoms with Crippen LogP contribution in [-0.4, -0.2) is 10.0 Å². The van der Waals surface area contributed by atoms with Gasteiger partial charge in [-0.05, 0) is 30.9 Å². The van der Waals surface area contributed by atoms with Crippen molar-refractivity contribution in [3.05, 3.63) is 34.3 Å².